The molecule has 2 aromatic rings. The van der Waals surface area contributed by atoms with Crippen LogP contribution in [0.15, 0.2) is 38.6 Å². The molecule has 1 aromatic heterocycles. The van der Waals surface area contributed by atoms with E-state index < -0.39 is 0 Å². The summed E-state index contributed by atoms with van der Waals surface area (Å²) in [4.78, 5) is 12.6. The van der Waals surface area contributed by atoms with Crippen molar-refractivity contribution < 1.29 is 9.18 Å². The van der Waals surface area contributed by atoms with Crippen LogP contribution in [0.1, 0.15) is 15.2 Å². The van der Waals surface area contributed by atoms with Crippen LogP contribution in [-0.4, -0.2) is 5.78 Å². The first kappa shape index (κ1) is 12.0. The molecule has 0 bridgehead atoms. The van der Waals surface area contributed by atoms with Gasteiger partial charge in [-0.1, -0.05) is 0 Å². The lowest BCUT2D eigenvalue weighted by Gasteiger charge is -1.99. The van der Waals surface area contributed by atoms with Crippen molar-refractivity contribution in [1.29, 1.82) is 0 Å². The summed E-state index contributed by atoms with van der Waals surface area (Å²) in [5.74, 6) is -0.472. The average molecular weight is 364 g/mol. The minimum atomic E-state index is -0.371. The van der Waals surface area contributed by atoms with Crippen molar-refractivity contribution in [2.24, 2.45) is 0 Å². The fourth-order valence-electron chi connectivity index (χ4n) is 1.22. The molecule has 0 amide bonds. The van der Waals surface area contributed by atoms with E-state index in [2.05, 4.69) is 31.9 Å². The van der Waals surface area contributed by atoms with E-state index in [1.54, 1.807) is 6.07 Å². The smallest absolute Gasteiger partial charge is 0.203 e. The van der Waals surface area contributed by atoms with E-state index in [1.807, 2.05) is 6.07 Å². The maximum Gasteiger partial charge on any atom is 0.203 e. The summed E-state index contributed by atoms with van der Waals surface area (Å²) in [6.07, 6.45) is 0. The number of ketones is 1. The molecule has 0 unspecified atom stereocenters. The third-order valence-corrected chi connectivity index (χ3v) is 4.21. The molecule has 0 aliphatic rings. The zero-order valence-corrected chi connectivity index (χ0v) is 11.8. The lowest BCUT2D eigenvalue weighted by Crippen LogP contribution is -1.98. The monoisotopic (exact) mass is 362 g/mol. The van der Waals surface area contributed by atoms with Crippen LogP contribution in [0.4, 0.5) is 4.39 Å². The Morgan fingerprint density at radius 2 is 1.94 bits per heavy atom. The highest BCUT2D eigenvalue weighted by molar-refractivity contribution is 9.11. The molecule has 0 aliphatic carbocycles. The number of halogens is 3. The predicted octanol–water partition coefficient (Wildman–Crippen LogP) is 4.64. The number of hydrogen-bond donors (Lipinski definition) is 0. The highest BCUT2D eigenvalue weighted by atomic mass is 79.9. The van der Waals surface area contributed by atoms with Crippen LogP contribution in [0, 0.1) is 5.82 Å². The zero-order valence-electron chi connectivity index (χ0n) is 7.84. The number of hydrogen-bond acceptors (Lipinski definition) is 2. The molecule has 1 heterocycles. The third-order valence-electron chi connectivity index (χ3n) is 1.98. The largest absolute Gasteiger partial charge is 0.288 e. The van der Waals surface area contributed by atoms with Gasteiger partial charge in [0.25, 0.3) is 0 Å². The molecule has 16 heavy (non-hydrogen) atoms. The fourth-order valence-corrected chi connectivity index (χ4v) is 2.94. The van der Waals surface area contributed by atoms with E-state index in [-0.39, 0.29) is 11.6 Å². The lowest BCUT2D eigenvalue weighted by molar-refractivity contribution is 0.104. The molecule has 0 aliphatic heterocycles. The van der Waals surface area contributed by atoms with Crippen molar-refractivity contribution in [2.75, 3.05) is 0 Å². The van der Waals surface area contributed by atoms with Gasteiger partial charge >= 0.3 is 0 Å². The van der Waals surface area contributed by atoms with Gasteiger partial charge in [-0.15, -0.1) is 11.3 Å². The summed E-state index contributed by atoms with van der Waals surface area (Å²) in [5.41, 5.74) is 0.475. The summed E-state index contributed by atoms with van der Waals surface area (Å²) in [7, 11) is 0. The molecule has 2 rings (SSSR count). The van der Waals surface area contributed by atoms with Gasteiger partial charge in [-0.25, -0.2) is 4.39 Å². The Kier molecular flexibility index (Phi) is 3.56. The number of thiophene rings is 1. The Balaban J connectivity index is 2.38. The average Bonchev–Trinajstić information content (AvgIpc) is 2.68. The lowest BCUT2D eigenvalue weighted by atomic mass is 10.1. The number of rotatable bonds is 2. The van der Waals surface area contributed by atoms with Crippen LogP contribution in [0.5, 0.6) is 0 Å². The minimum Gasteiger partial charge on any atom is -0.288 e. The second-order valence-electron chi connectivity index (χ2n) is 3.06. The summed E-state index contributed by atoms with van der Waals surface area (Å²) < 4.78 is 14.2. The molecule has 0 spiro atoms. The Bertz CT molecular complexity index is 551. The molecule has 0 radical (unpaired) electrons. The second-order valence-corrected chi connectivity index (χ2v) is 6.38. The first-order valence-corrected chi connectivity index (χ1v) is 6.73. The van der Waals surface area contributed by atoms with Crippen LogP contribution < -0.4 is 0 Å². The van der Waals surface area contributed by atoms with E-state index in [4.69, 9.17) is 0 Å². The van der Waals surface area contributed by atoms with Crippen molar-refractivity contribution in [3.05, 3.63) is 54.8 Å². The van der Waals surface area contributed by atoms with Crippen LogP contribution in [0.3, 0.4) is 0 Å². The second kappa shape index (κ2) is 4.77. The molecule has 0 atom stereocenters. The fraction of sp³-hybridized carbons (Fsp3) is 0. The van der Waals surface area contributed by atoms with Crippen molar-refractivity contribution >= 4 is 49.0 Å². The van der Waals surface area contributed by atoms with Crippen LogP contribution in [0.2, 0.25) is 0 Å². The molecule has 1 aromatic carbocycles. The molecule has 0 saturated carbocycles. The Morgan fingerprint density at radius 1 is 1.19 bits per heavy atom. The van der Waals surface area contributed by atoms with Gasteiger partial charge in [0.1, 0.15) is 5.82 Å². The van der Waals surface area contributed by atoms with Crippen molar-refractivity contribution in [2.45, 2.75) is 0 Å². The highest BCUT2D eigenvalue weighted by Crippen LogP contribution is 2.25. The Hall–Kier alpha value is -0.520. The van der Waals surface area contributed by atoms with Gasteiger partial charge in [0.05, 0.1) is 13.1 Å². The van der Waals surface area contributed by atoms with Gasteiger partial charge in [0.2, 0.25) is 5.78 Å². The number of carbonyl (C=O) groups excluding carboxylic acids is 1. The molecular weight excluding hydrogens is 359 g/mol. The van der Waals surface area contributed by atoms with Crippen molar-refractivity contribution in [3.63, 3.8) is 0 Å². The topological polar surface area (TPSA) is 17.1 Å². The molecule has 5 heteroatoms. The number of carbonyl (C=O) groups is 1. The van der Waals surface area contributed by atoms with E-state index in [9.17, 15) is 9.18 Å². The van der Waals surface area contributed by atoms with Gasteiger partial charge in [-0.2, -0.15) is 0 Å². The quantitative estimate of drug-likeness (QED) is 0.710. The summed E-state index contributed by atoms with van der Waals surface area (Å²) in [6.45, 7) is 0. The van der Waals surface area contributed by atoms with E-state index in [0.717, 1.165) is 3.79 Å². The van der Waals surface area contributed by atoms with Crippen molar-refractivity contribution in [3.8, 4) is 0 Å². The predicted molar refractivity (Wildman–Crippen MR) is 69.6 cm³/mol. The van der Waals surface area contributed by atoms with Gasteiger partial charge in [0, 0.05) is 5.56 Å². The highest BCUT2D eigenvalue weighted by Gasteiger charge is 2.12. The van der Waals surface area contributed by atoms with Crippen LogP contribution >= 0.6 is 43.2 Å². The normalized spacial score (nSPS) is 10.4. The van der Waals surface area contributed by atoms with Crippen LogP contribution in [0.25, 0.3) is 0 Å². The van der Waals surface area contributed by atoms with E-state index >= 15 is 0 Å². The molecule has 82 valence electrons. The summed E-state index contributed by atoms with van der Waals surface area (Å²) in [6, 6.07) is 7.81. The molecule has 0 N–H and O–H groups in total. The molecule has 1 nitrogen and oxygen atoms in total. The Morgan fingerprint density at radius 3 is 2.50 bits per heavy atom. The summed E-state index contributed by atoms with van der Waals surface area (Å²) >= 11 is 7.71. The first-order valence-electron chi connectivity index (χ1n) is 4.33. The standard InChI is InChI=1S/C11H5Br2FOS/c12-7-5-6(1-2-8(7)14)11(15)9-3-4-10(13)16-9/h1-5H. The van der Waals surface area contributed by atoms with Gasteiger partial charge in [0.15, 0.2) is 0 Å². The summed E-state index contributed by atoms with van der Waals surface area (Å²) in [5, 5.41) is 0. The maximum atomic E-state index is 13.0. The Labute approximate surface area is 113 Å². The maximum absolute atomic E-state index is 13.0. The van der Waals surface area contributed by atoms with Crippen LogP contribution in [-0.2, 0) is 0 Å². The zero-order chi connectivity index (χ0) is 11.7. The molecule has 0 saturated heterocycles. The SMILES string of the molecule is O=C(c1ccc(F)c(Br)c1)c1ccc(Br)s1. The van der Waals surface area contributed by atoms with Gasteiger partial charge in [-0.3, -0.25) is 4.79 Å². The minimum absolute atomic E-state index is 0.101. The molecule has 0 fully saturated rings. The number of benzene rings is 1. The van der Waals surface area contributed by atoms with E-state index in [0.29, 0.717) is 14.9 Å². The molecular formula is C11H5Br2FOS. The van der Waals surface area contributed by atoms with Gasteiger partial charge in [-0.05, 0) is 62.2 Å². The van der Waals surface area contributed by atoms with Gasteiger partial charge < -0.3 is 0 Å². The third kappa shape index (κ3) is 2.42. The first-order chi connectivity index (χ1) is 7.58. The van der Waals surface area contributed by atoms with E-state index in [1.165, 1.54) is 29.5 Å². The van der Waals surface area contributed by atoms with Crippen molar-refractivity contribution in [1.82, 2.24) is 0 Å².